The van der Waals surface area contributed by atoms with Gasteiger partial charge in [-0.25, -0.2) is 8.93 Å². The molecule has 84 valence electrons. The second-order valence-electron chi connectivity index (χ2n) is 4.78. The molecule has 0 bridgehead atoms. The molecule has 14 heavy (non-hydrogen) atoms. The first-order chi connectivity index (χ1) is 6.09. The van der Waals surface area contributed by atoms with Crippen LogP contribution < -0.4 is 4.72 Å². The van der Waals surface area contributed by atoms with Crippen LogP contribution in [-0.2, 0) is 11.0 Å². The van der Waals surface area contributed by atoms with Crippen LogP contribution in [-0.4, -0.2) is 19.9 Å². The highest BCUT2D eigenvalue weighted by atomic mass is 35.5. The molecule has 0 aliphatic rings. The lowest BCUT2D eigenvalue weighted by molar-refractivity contribution is 0.555. The van der Waals surface area contributed by atoms with E-state index in [1.54, 1.807) is 6.08 Å². The normalized spacial score (nSPS) is 17.6. The third kappa shape index (κ3) is 4.58. The van der Waals surface area contributed by atoms with E-state index in [2.05, 4.69) is 11.3 Å². The van der Waals surface area contributed by atoms with E-state index in [4.69, 9.17) is 11.6 Å². The van der Waals surface area contributed by atoms with E-state index in [0.29, 0.717) is 0 Å². The van der Waals surface area contributed by atoms with Crippen molar-refractivity contribution in [2.45, 2.75) is 50.3 Å². The van der Waals surface area contributed by atoms with Gasteiger partial charge in [-0.1, -0.05) is 6.08 Å². The summed E-state index contributed by atoms with van der Waals surface area (Å²) >= 11 is 6.13. The molecule has 2 nitrogen and oxygen atoms in total. The predicted molar refractivity (Wildman–Crippen MR) is 64.9 cm³/mol. The molecular weight excluding hydrogens is 218 g/mol. The summed E-state index contributed by atoms with van der Waals surface area (Å²) in [6, 6.07) is -0.163. The summed E-state index contributed by atoms with van der Waals surface area (Å²) in [6.07, 6.45) is 1.69. The summed E-state index contributed by atoms with van der Waals surface area (Å²) < 4.78 is 14.5. The second kappa shape index (κ2) is 4.77. The Hall–Kier alpha value is 0.140. The summed E-state index contributed by atoms with van der Waals surface area (Å²) in [7, 11) is -1.12. The fourth-order valence-electron chi connectivity index (χ4n) is 0.761. The van der Waals surface area contributed by atoms with Gasteiger partial charge in [-0.15, -0.1) is 18.2 Å². The second-order valence-corrected chi connectivity index (χ2v) is 7.75. The molecule has 0 aromatic heterocycles. The standard InChI is InChI=1S/C10H20ClNOS/c1-7-8(10(5,6)11)12-14(13)9(2,3)4/h7-8,12H,1H2,2-6H3/t8-,14?/m1/s1. The van der Waals surface area contributed by atoms with Crippen molar-refractivity contribution in [2.24, 2.45) is 0 Å². The molecule has 0 aromatic rings. The van der Waals surface area contributed by atoms with E-state index < -0.39 is 15.9 Å². The van der Waals surface area contributed by atoms with Gasteiger partial charge in [0.1, 0.15) is 0 Å². The monoisotopic (exact) mass is 237 g/mol. The minimum Gasteiger partial charge on any atom is -0.242 e. The van der Waals surface area contributed by atoms with Crippen LogP contribution in [0.25, 0.3) is 0 Å². The van der Waals surface area contributed by atoms with Crippen LogP contribution in [0.1, 0.15) is 34.6 Å². The minimum absolute atomic E-state index is 0.163. The molecule has 2 atom stereocenters. The maximum atomic E-state index is 11.8. The van der Waals surface area contributed by atoms with Crippen LogP contribution in [0.15, 0.2) is 12.7 Å². The number of nitrogens with one attached hydrogen (secondary N) is 1. The van der Waals surface area contributed by atoms with Crippen molar-refractivity contribution in [2.75, 3.05) is 0 Å². The maximum absolute atomic E-state index is 11.8. The number of alkyl halides is 1. The first kappa shape index (κ1) is 14.1. The van der Waals surface area contributed by atoms with Crippen LogP contribution in [0.5, 0.6) is 0 Å². The van der Waals surface area contributed by atoms with Crippen molar-refractivity contribution in [3.63, 3.8) is 0 Å². The Bertz CT molecular complexity index is 227. The van der Waals surface area contributed by atoms with Gasteiger partial charge >= 0.3 is 0 Å². The lowest BCUT2D eigenvalue weighted by Gasteiger charge is -2.29. The average molecular weight is 238 g/mol. The van der Waals surface area contributed by atoms with E-state index in [-0.39, 0.29) is 10.8 Å². The van der Waals surface area contributed by atoms with E-state index in [1.165, 1.54) is 0 Å². The first-order valence-electron chi connectivity index (χ1n) is 4.58. The lowest BCUT2D eigenvalue weighted by Crippen LogP contribution is -2.46. The molecule has 0 aliphatic carbocycles. The van der Waals surface area contributed by atoms with Gasteiger partial charge in [0.2, 0.25) is 0 Å². The highest BCUT2D eigenvalue weighted by Crippen LogP contribution is 2.21. The molecule has 0 saturated heterocycles. The van der Waals surface area contributed by atoms with E-state index >= 15 is 0 Å². The summed E-state index contributed by atoms with van der Waals surface area (Å²) in [5, 5.41) is 0. The van der Waals surface area contributed by atoms with Gasteiger partial charge in [-0.05, 0) is 34.6 Å². The van der Waals surface area contributed by atoms with Crippen LogP contribution in [0, 0.1) is 0 Å². The molecular formula is C10H20ClNOS. The molecule has 4 heteroatoms. The van der Waals surface area contributed by atoms with Gasteiger partial charge in [0.15, 0.2) is 0 Å². The Balaban J connectivity index is 4.51. The summed E-state index contributed by atoms with van der Waals surface area (Å²) in [5.74, 6) is 0. The van der Waals surface area contributed by atoms with Gasteiger partial charge in [0, 0.05) is 0 Å². The summed E-state index contributed by atoms with van der Waals surface area (Å²) in [6.45, 7) is 13.2. The Morgan fingerprint density at radius 3 is 2.00 bits per heavy atom. The van der Waals surface area contributed by atoms with Gasteiger partial charge in [0.25, 0.3) is 0 Å². The summed E-state index contributed by atoms with van der Waals surface area (Å²) in [4.78, 5) is -0.483. The summed E-state index contributed by atoms with van der Waals surface area (Å²) in [5.41, 5.74) is 0. The SMILES string of the molecule is C=C[C@@H](NS(=O)C(C)(C)C)C(C)(C)Cl. The van der Waals surface area contributed by atoms with Gasteiger partial charge in [0.05, 0.1) is 26.6 Å². The molecule has 0 aromatic carbocycles. The Morgan fingerprint density at radius 2 is 1.79 bits per heavy atom. The molecule has 0 saturated carbocycles. The smallest absolute Gasteiger partial charge is 0.0976 e. The highest BCUT2D eigenvalue weighted by Gasteiger charge is 2.29. The van der Waals surface area contributed by atoms with Crippen LogP contribution >= 0.6 is 11.6 Å². The van der Waals surface area contributed by atoms with Crippen molar-refractivity contribution in [3.8, 4) is 0 Å². The van der Waals surface area contributed by atoms with Crippen LogP contribution in [0.3, 0.4) is 0 Å². The average Bonchev–Trinajstić information content (AvgIpc) is 1.95. The van der Waals surface area contributed by atoms with Crippen molar-refractivity contribution in [1.29, 1.82) is 0 Å². The predicted octanol–water partition coefficient (Wildman–Crippen LogP) is 2.61. The zero-order valence-corrected chi connectivity index (χ0v) is 11.1. The molecule has 0 amide bonds. The largest absolute Gasteiger partial charge is 0.242 e. The molecule has 0 heterocycles. The Morgan fingerprint density at radius 1 is 1.36 bits per heavy atom. The molecule has 1 unspecified atom stereocenters. The molecule has 0 radical (unpaired) electrons. The van der Waals surface area contributed by atoms with Crippen molar-refractivity contribution >= 4 is 22.6 Å². The fraction of sp³-hybridized carbons (Fsp3) is 0.800. The number of halogens is 1. The van der Waals surface area contributed by atoms with Crippen molar-refractivity contribution < 1.29 is 4.21 Å². The number of rotatable bonds is 4. The van der Waals surface area contributed by atoms with Crippen LogP contribution in [0.4, 0.5) is 0 Å². The quantitative estimate of drug-likeness (QED) is 0.591. The molecule has 0 spiro atoms. The van der Waals surface area contributed by atoms with Gasteiger partial charge in [-0.3, -0.25) is 0 Å². The fourth-order valence-corrected chi connectivity index (χ4v) is 1.94. The Kier molecular flexibility index (Phi) is 4.82. The third-order valence-corrected chi connectivity index (χ3v) is 3.58. The minimum atomic E-state index is -1.12. The molecule has 1 N–H and O–H groups in total. The number of hydrogen-bond donors (Lipinski definition) is 1. The number of hydrogen-bond acceptors (Lipinski definition) is 1. The molecule has 0 aliphatic heterocycles. The van der Waals surface area contributed by atoms with Crippen LogP contribution in [0.2, 0.25) is 0 Å². The zero-order chi connectivity index (χ0) is 11.6. The van der Waals surface area contributed by atoms with E-state index in [1.807, 2.05) is 34.6 Å². The van der Waals surface area contributed by atoms with E-state index in [0.717, 1.165) is 0 Å². The van der Waals surface area contributed by atoms with Crippen molar-refractivity contribution in [1.82, 2.24) is 4.72 Å². The third-order valence-electron chi connectivity index (χ3n) is 1.77. The molecule has 0 fully saturated rings. The van der Waals surface area contributed by atoms with E-state index in [9.17, 15) is 4.21 Å². The topological polar surface area (TPSA) is 29.1 Å². The zero-order valence-electron chi connectivity index (χ0n) is 9.56. The van der Waals surface area contributed by atoms with Crippen molar-refractivity contribution in [3.05, 3.63) is 12.7 Å². The Labute approximate surface area is 94.7 Å². The van der Waals surface area contributed by atoms with Gasteiger partial charge < -0.3 is 0 Å². The lowest BCUT2D eigenvalue weighted by atomic mass is 10.1. The first-order valence-corrected chi connectivity index (χ1v) is 6.11. The molecule has 0 rings (SSSR count). The highest BCUT2D eigenvalue weighted by molar-refractivity contribution is 7.84. The van der Waals surface area contributed by atoms with Gasteiger partial charge in [-0.2, -0.15) is 0 Å². The maximum Gasteiger partial charge on any atom is 0.0976 e.